The van der Waals surface area contributed by atoms with Crippen LogP contribution in [0.15, 0.2) is 70.8 Å². The molecule has 6 heteroatoms. The average molecular weight is 486 g/mol. The molecule has 35 heavy (non-hydrogen) atoms. The Morgan fingerprint density at radius 3 is 2.54 bits per heavy atom. The molecular formula is C29H31N3O2S. The molecule has 0 saturated heterocycles. The van der Waals surface area contributed by atoms with Gasteiger partial charge in [0.2, 0.25) is 0 Å². The molecule has 0 N–H and O–H groups in total. The second kappa shape index (κ2) is 10.2. The van der Waals surface area contributed by atoms with Gasteiger partial charge in [-0.15, -0.1) is 11.3 Å². The third-order valence-electron chi connectivity index (χ3n) is 6.65. The van der Waals surface area contributed by atoms with Gasteiger partial charge in [-0.25, -0.2) is 4.98 Å². The molecular weight excluding hydrogens is 454 g/mol. The molecule has 1 aliphatic rings. The summed E-state index contributed by atoms with van der Waals surface area (Å²) in [6, 6.07) is 20.1. The van der Waals surface area contributed by atoms with Crippen LogP contribution in [0.3, 0.4) is 0 Å². The molecule has 0 radical (unpaired) electrons. The predicted molar refractivity (Wildman–Crippen MR) is 142 cm³/mol. The zero-order valence-electron chi connectivity index (χ0n) is 20.5. The zero-order chi connectivity index (χ0) is 24.4. The summed E-state index contributed by atoms with van der Waals surface area (Å²) in [5.74, 6) is 1.16. The summed E-state index contributed by atoms with van der Waals surface area (Å²) in [6.45, 7) is 7.46. The van der Waals surface area contributed by atoms with Crippen molar-refractivity contribution >= 4 is 11.3 Å². The highest BCUT2D eigenvalue weighted by molar-refractivity contribution is 7.09. The van der Waals surface area contributed by atoms with Crippen LogP contribution in [-0.4, -0.2) is 28.1 Å². The number of para-hydroxylation sites is 1. The molecule has 1 aliphatic heterocycles. The van der Waals surface area contributed by atoms with Crippen LogP contribution in [0.25, 0.3) is 11.1 Å². The Kier molecular flexibility index (Phi) is 6.84. The number of thiazole rings is 1. The van der Waals surface area contributed by atoms with Crippen LogP contribution < -0.4 is 10.3 Å². The average Bonchev–Trinajstić information content (AvgIpc) is 3.35. The van der Waals surface area contributed by atoms with Crippen molar-refractivity contribution in [2.75, 3.05) is 13.7 Å². The lowest BCUT2D eigenvalue weighted by atomic mass is 9.98. The zero-order valence-corrected chi connectivity index (χ0v) is 21.3. The Hall–Kier alpha value is -3.22. The third-order valence-corrected chi connectivity index (χ3v) is 7.50. The van der Waals surface area contributed by atoms with E-state index < -0.39 is 0 Å². The number of rotatable bonds is 7. The first kappa shape index (κ1) is 23.5. The number of aromatic nitrogens is 2. The monoisotopic (exact) mass is 485 g/mol. The largest absolute Gasteiger partial charge is 0.496 e. The molecule has 180 valence electrons. The van der Waals surface area contributed by atoms with Crippen molar-refractivity contribution in [3.63, 3.8) is 0 Å². The van der Waals surface area contributed by atoms with E-state index in [0.717, 1.165) is 53.6 Å². The van der Waals surface area contributed by atoms with Crippen molar-refractivity contribution in [2.45, 2.75) is 45.8 Å². The van der Waals surface area contributed by atoms with Gasteiger partial charge in [0.15, 0.2) is 0 Å². The van der Waals surface area contributed by atoms with Gasteiger partial charge in [0.1, 0.15) is 10.8 Å². The topological polar surface area (TPSA) is 47.4 Å². The Morgan fingerprint density at radius 1 is 1.03 bits per heavy atom. The van der Waals surface area contributed by atoms with Gasteiger partial charge in [-0.3, -0.25) is 9.69 Å². The number of hydrogen-bond donors (Lipinski definition) is 0. The molecule has 0 aliphatic carbocycles. The van der Waals surface area contributed by atoms with Gasteiger partial charge in [0, 0.05) is 36.1 Å². The quantitative estimate of drug-likeness (QED) is 0.336. The lowest BCUT2D eigenvalue weighted by Crippen LogP contribution is -2.36. The number of benzene rings is 2. The molecule has 0 spiro atoms. The van der Waals surface area contributed by atoms with E-state index in [1.54, 1.807) is 18.4 Å². The summed E-state index contributed by atoms with van der Waals surface area (Å²) >= 11 is 1.74. The predicted octanol–water partition coefficient (Wildman–Crippen LogP) is 5.71. The summed E-state index contributed by atoms with van der Waals surface area (Å²) in [6.07, 6.45) is 0.839. The van der Waals surface area contributed by atoms with Gasteiger partial charge in [0.05, 0.1) is 31.5 Å². The van der Waals surface area contributed by atoms with Gasteiger partial charge in [-0.1, -0.05) is 62.4 Å². The maximum absolute atomic E-state index is 13.8. The maximum atomic E-state index is 13.8. The van der Waals surface area contributed by atoms with E-state index >= 15 is 0 Å². The molecule has 0 unspecified atom stereocenters. The van der Waals surface area contributed by atoms with Crippen molar-refractivity contribution in [1.29, 1.82) is 0 Å². The molecule has 0 amide bonds. The van der Waals surface area contributed by atoms with E-state index in [-0.39, 0.29) is 5.56 Å². The van der Waals surface area contributed by atoms with Crippen molar-refractivity contribution in [1.82, 2.24) is 14.5 Å². The van der Waals surface area contributed by atoms with E-state index in [2.05, 4.69) is 42.3 Å². The first-order chi connectivity index (χ1) is 17.0. The SMILES string of the molecule is COc1ccccc1-c1cc2c(n(Cc3ccccc3)c1=O)CCN(Cc1nc(C(C)C)cs1)C2. The lowest BCUT2D eigenvalue weighted by molar-refractivity contribution is 0.240. The van der Waals surface area contributed by atoms with E-state index in [9.17, 15) is 4.79 Å². The normalized spacial score (nSPS) is 13.7. The van der Waals surface area contributed by atoms with Gasteiger partial charge in [-0.05, 0) is 29.2 Å². The number of hydrogen-bond acceptors (Lipinski definition) is 5. The molecule has 2 aromatic heterocycles. The van der Waals surface area contributed by atoms with Crippen molar-refractivity contribution in [3.05, 3.63) is 104 Å². The van der Waals surface area contributed by atoms with E-state index in [0.29, 0.717) is 23.8 Å². The number of ether oxygens (including phenoxy) is 1. The summed E-state index contributed by atoms with van der Waals surface area (Å²) in [5.41, 5.74) is 6.19. The highest BCUT2D eigenvalue weighted by atomic mass is 32.1. The molecule has 3 heterocycles. The highest BCUT2D eigenvalue weighted by Crippen LogP contribution is 2.31. The van der Waals surface area contributed by atoms with Crippen LogP contribution >= 0.6 is 11.3 Å². The van der Waals surface area contributed by atoms with Crippen molar-refractivity contribution in [3.8, 4) is 16.9 Å². The van der Waals surface area contributed by atoms with E-state index in [1.165, 1.54) is 5.56 Å². The molecule has 0 saturated carbocycles. The second-order valence-corrected chi connectivity index (χ2v) is 10.3. The number of nitrogens with zero attached hydrogens (tertiary/aromatic N) is 3. The Morgan fingerprint density at radius 2 is 1.80 bits per heavy atom. The highest BCUT2D eigenvalue weighted by Gasteiger charge is 2.24. The fourth-order valence-electron chi connectivity index (χ4n) is 4.76. The summed E-state index contributed by atoms with van der Waals surface area (Å²) in [5, 5.41) is 3.33. The maximum Gasteiger partial charge on any atom is 0.259 e. The smallest absolute Gasteiger partial charge is 0.259 e. The van der Waals surface area contributed by atoms with Gasteiger partial charge < -0.3 is 9.30 Å². The Labute approximate surface area is 210 Å². The van der Waals surface area contributed by atoms with Crippen LogP contribution in [0.5, 0.6) is 5.75 Å². The van der Waals surface area contributed by atoms with E-state index in [1.807, 2.05) is 47.0 Å². The van der Waals surface area contributed by atoms with Crippen LogP contribution in [0.1, 0.15) is 47.3 Å². The van der Waals surface area contributed by atoms with E-state index in [4.69, 9.17) is 9.72 Å². The summed E-state index contributed by atoms with van der Waals surface area (Å²) < 4.78 is 7.59. The summed E-state index contributed by atoms with van der Waals surface area (Å²) in [7, 11) is 1.65. The third kappa shape index (κ3) is 4.95. The Bertz CT molecular complexity index is 1370. The van der Waals surface area contributed by atoms with Crippen LogP contribution in [0.4, 0.5) is 0 Å². The minimum Gasteiger partial charge on any atom is -0.496 e. The fourth-order valence-corrected chi connectivity index (χ4v) is 5.76. The van der Waals surface area contributed by atoms with Gasteiger partial charge in [0.25, 0.3) is 5.56 Å². The van der Waals surface area contributed by atoms with Crippen molar-refractivity contribution in [2.24, 2.45) is 0 Å². The Balaban J connectivity index is 1.54. The lowest BCUT2D eigenvalue weighted by Gasteiger charge is -2.30. The van der Waals surface area contributed by atoms with Gasteiger partial charge in [-0.2, -0.15) is 0 Å². The molecule has 0 fully saturated rings. The minimum absolute atomic E-state index is 0.0343. The first-order valence-corrected chi connectivity index (χ1v) is 13.0. The molecule has 5 nitrogen and oxygen atoms in total. The number of methoxy groups -OCH3 is 1. The number of pyridine rings is 1. The van der Waals surface area contributed by atoms with Crippen LogP contribution in [0.2, 0.25) is 0 Å². The van der Waals surface area contributed by atoms with Crippen molar-refractivity contribution < 1.29 is 4.74 Å². The fraction of sp³-hybridized carbons (Fsp3) is 0.310. The van der Waals surface area contributed by atoms with Crippen LogP contribution in [0, 0.1) is 0 Å². The van der Waals surface area contributed by atoms with Gasteiger partial charge >= 0.3 is 0 Å². The number of fused-ring (bicyclic) bond motifs is 1. The van der Waals surface area contributed by atoms with Crippen LogP contribution in [-0.2, 0) is 26.1 Å². The first-order valence-electron chi connectivity index (χ1n) is 12.1. The summed E-state index contributed by atoms with van der Waals surface area (Å²) in [4.78, 5) is 21.1. The molecule has 5 rings (SSSR count). The minimum atomic E-state index is 0.0343. The molecule has 2 aromatic carbocycles. The molecule has 0 bridgehead atoms. The second-order valence-electron chi connectivity index (χ2n) is 9.39. The standard InChI is InChI=1S/C29H31N3O2S/c1-20(2)25-19-35-28(30-25)18-31-14-13-26-22(17-31)15-24(23-11-7-8-12-27(23)34-3)29(33)32(26)16-21-9-5-4-6-10-21/h4-12,15,19-20H,13-14,16-18H2,1-3H3. The molecule has 0 atom stereocenters. The molecule has 4 aromatic rings.